The van der Waals surface area contributed by atoms with E-state index in [-0.39, 0.29) is 18.1 Å². The van der Waals surface area contributed by atoms with Gasteiger partial charge in [-0.2, -0.15) is 0 Å². The Kier molecular flexibility index (Phi) is 6.28. The third kappa shape index (κ3) is 4.22. The van der Waals surface area contributed by atoms with Gasteiger partial charge in [0.05, 0.1) is 16.5 Å². The van der Waals surface area contributed by atoms with Crippen molar-refractivity contribution in [3.05, 3.63) is 88.6 Å². The zero-order valence-electron chi connectivity index (χ0n) is 21.6. The zero-order chi connectivity index (χ0) is 27.2. The number of hydroxylamine groups is 1. The Morgan fingerprint density at radius 2 is 1.84 bits per heavy atom. The van der Waals surface area contributed by atoms with Gasteiger partial charge in [0.2, 0.25) is 5.78 Å². The van der Waals surface area contributed by atoms with Crippen LogP contribution in [0.1, 0.15) is 52.6 Å². The van der Waals surface area contributed by atoms with Gasteiger partial charge in [0.1, 0.15) is 18.1 Å². The second kappa shape index (κ2) is 9.46. The first-order valence-electron chi connectivity index (χ1n) is 12.4. The summed E-state index contributed by atoms with van der Waals surface area (Å²) >= 11 is 0. The van der Waals surface area contributed by atoms with Crippen LogP contribution in [0.25, 0.3) is 21.8 Å². The molecule has 0 bridgehead atoms. The van der Waals surface area contributed by atoms with E-state index in [2.05, 4.69) is 10.0 Å². The lowest BCUT2D eigenvalue weighted by atomic mass is 9.97. The number of hydrogen-bond acceptors (Lipinski definition) is 7. The second-order valence-electron chi connectivity index (χ2n) is 9.77. The summed E-state index contributed by atoms with van der Waals surface area (Å²) < 4.78 is 8.20. The number of rotatable bonds is 6. The Balaban J connectivity index is 1.61. The number of aryl methyl sites for hydroxylation is 2. The van der Waals surface area contributed by atoms with Crippen LogP contribution in [0.15, 0.2) is 66.4 Å². The number of allylic oxidation sites excluding steroid dienone is 1. The topological polar surface area (TPSA) is 107 Å². The van der Waals surface area contributed by atoms with Crippen molar-refractivity contribution in [3.8, 4) is 5.75 Å². The average molecular weight is 513 g/mol. The number of fused-ring (bicyclic) bond motifs is 5. The minimum absolute atomic E-state index is 0.0235. The largest absolute Gasteiger partial charge is 0.488 e. The standard InChI is InChI=1S/C30H28N2O6/c1-5-32-23-12-10-18(26(33)19-9-7-6-8-17(19)2)16-21(23)25-24(32)13-11-20-27(34)22(14-15-37-28(20)25)31-38-29(35)30(3,4)36/h6-14,16,31,36H,5,15H2,1-4H3. The van der Waals surface area contributed by atoms with E-state index in [1.54, 1.807) is 6.07 Å². The Labute approximate surface area is 219 Å². The van der Waals surface area contributed by atoms with E-state index in [0.29, 0.717) is 29.0 Å². The monoisotopic (exact) mass is 512 g/mol. The number of benzene rings is 3. The van der Waals surface area contributed by atoms with Crippen LogP contribution >= 0.6 is 0 Å². The Bertz CT molecular complexity index is 1660. The highest BCUT2D eigenvalue weighted by molar-refractivity contribution is 6.20. The number of ether oxygens (including phenoxy) is 1. The zero-order valence-corrected chi connectivity index (χ0v) is 21.6. The minimum Gasteiger partial charge on any atom is -0.488 e. The molecule has 1 aliphatic heterocycles. The second-order valence-corrected chi connectivity index (χ2v) is 9.77. The molecular weight excluding hydrogens is 484 g/mol. The highest BCUT2D eigenvalue weighted by Gasteiger charge is 2.29. The molecule has 0 atom stereocenters. The number of Topliss-reactive ketones (excluding diaryl/α,β-unsaturated/α-hetero) is 1. The summed E-state index contributed by atoms with van der Waals surface area (Å²) in [6.07, 6.45) is 1.48. The molecule has 0 fully saturated rings. The molecule has 2 heterocycles. The molecule has 0 unspecified atom stereocenters. The van der Waals surface area contributed by atoms with Gasteiger partial charge in [0.25, 0.3) is 0 Å². The van der Waals surface area contributed by atoms with Crippen LogP contribution in [-0.2, 0) is 16.2 Å². The van der Waals surface area contributed by atoms with Gasteiger partial charge in [0, 0.05) is 28.6 Å². The predicted molar refractivity (Wildman–Crippen MR) is 143 cm³/mol. The first-order valence-corrected chi connectivity index (χ1v) is 12.4. The number of carbonyl (C=O) groups is 3. The molecular formula is C30H28N2O6. The van der Waals surface area contributed by atoms with Crippen molar-refractivity contribution in [1.82, 2.24) is 10.0 Å². The van der Waals surface area contributed by atoms with E-state index >= 15 is 0 Å². The maximum absolute atomic E-state index is 13.4. The van der Waals surface area contributed by atoms with E-state index in [1.807, 2.05) is 62.4 Å². The smallest absolute Gasteiger partial charge is 0.362 e. The van der Waals surface area contributed by atoms with Gasteiger partial charge >= 0.3 is 5.97 Å². The molecule has 0 aliphatic carbocycles. The summed E-state index contributed by atoms with van der Waals surface area (Å²) in [5.41, 5.74) is 4.84. The maximum Gasteiger partial charge on any atom is 0.362 e. The minimum atomic E-state index is -1.72. The summed E-state index contributed by atoms with van der Waals surface area (Å²) in [7, 11) is 0. The Hall–Kier alpha value is -4.43. The van der Waals surface area contributed by atoms with Crippen molar-refractivity contribution >= 4 is 39.3 Å². The van der Waals surface area contributed by atoms with Crippen LogP contribution in [0.4, 0.5) is 0 Å². The predicted octanol–water partition coefficient (Wildman–Crippen LogP) is 4.63. The molecule has 0 spiro atoms. The van der Waals surface area contributed by atoms with Crippen molar-refractivity contribution in [3.63, 3.8) is 0 Å². The van der Waals surface area contributed by atoms with Gasteiger partial charge in [-0.15, -0.1) is 0 Å². The van der Waals surface area contributed by atoms with E-state index < -0.39 is 17.4 Å². The fraction of sp³-hybridized carbons (Fsp3) is 0.233. The van der Waals surface area contributed by atoms with E-state index in [4.69, 9.17) is 9.57 Å². The highest BCUT2D eigenvalue weighted by atomic mass is 16.7. The normalized spacial score (nSPS) is 13.5. The van der Waals surface area contributed by atoms with E-state index in [1.165, 1.54) is 19.9 Å². The van der Waals surface area contributed by atoms with Crippen molar-refractivity contribution in [2.45, 2.75) is 39.8 Å². The van der Waals surface area contributed by atoms with Gasteiger partial charge < -0.3 is 19.2 Å². The number of aliphatic hydroxyl groups is 1. The maximum atomic E-state index is 13.4. The van der Waals surface area contributed by atoms with Crippen LogP contribution in [0, 0.1) is 6.92 Å². The van der Waals surface area contributed by atoms with Crippen molar-refractivity contribution in [2.75, 3.05) is 6.61 Å². The van der Waals surface area contributed by atoms with Gasteiger partial charge in [-0.05, 0) is 69.7 Å². The van der Waals surface area contributed by atoms with Crippen LogP contribution < -0.4 is 10.2 Å². The molecule has 0 amide bonds. The van der Waals surface area contributed by atoms with Crippen molar-refractivity contribution in [2.24, 2.45) is 0 Å². The molecule has 1 aromatic heterocycles. The van der Waals surface area contributed by atoms with Crippen molar-refractivity contribution in [1.29, 1.82) is 0 Å². The van der Waals surface area contributed by atoms with Gasteiger partial charge in [0.15, 0.2) is 11.4 Å². The average Bonchev–Trinajstić information content (AvgIpc) is 3.12. The molecule has 3 aromatic carbocycles. The lowest BCUT2D eigenvalue weighted by Crippen LogP contribution is -2.37. The van der Waals surface area contributed by atoms with E-state index in [9.17, 15) is 19.5 Å². The fourth-order valence-electron chi connectivity index (χ4n) is 4.71. The fourth-order valence-corrected chi connectivity index (χ4v) is 4.71. The Morgan fingerprint density at radius 1 is 1.11 bits per heavy atom. The third-order valence-electron chi connectivity index (χ3n) is 6.71. The van der Waals surface area contributed by atoms with Crippen LogP contribution in [0.5, 0.6) is 5.75 Å². The summed E-state index contributed by atoms with van der Waals surface area (Å²) in [6.45, 7) is 7.24. The molecule has 8 heteroatoms. The van der Waals surface area contributed by atoms with E-state index in [0.717, 1.165) is 27.4 Å². The number of carbonyl (C=O) groups excluding carboxylic acids is 3. The van der Waals surface area contributed by atoms with Crippen LogP contribution in [0.3, 0.4) is 0 Å². The summed E-state index contributed by atoms with van der Waals surface area (Å²) in [5, 5.41) is 11.4. The third-order valence-corrected chi connectivity index (χ3v) is 6.71. The molecule has 0 radical (unpaired) electrons. The van der Waals surface area contributed by atoms with Crippen LogP contribution in [-0.4, -0.2) is 39.4 Å². The van der Waals surface area contributed by atoms with Crippen LogP contribution in [0.2, 0.25) is 0 Å². The molecule has 0 saturated heterocycles. The molecule has 4 aromatic rings. The number of ketones is 2. The lowest BCUT2D eigenvalue weighted by molar-refractivity contribution is -0.167. The summed E-state index contributed by atoms with van der Waals surface area (Å²) in [5.74, 6) is -1.04. The summed E-state index contributed by atoms with van der Waals surface area (Å²) in [6, 6.07) is 16.6. The van der Waals surface area contributed by atoms with Crippen molar-refractivity contribution < 1.29 is 29.1 Å². The lowest BCUT2D eigenvalue weighted by Gasteiger charge is -2.16. The number of nitrogens with zero attached hydrogens (tertiary/aromatic N) is 1. The Morgan fingerprint density at radius 3 is 2.55 bits per heavy atom. The summed E-state index contributed by atoms with van der Waals surface area (Å²) in [4.78, 5) is 43.7. The number of hydrogen-bond donors (Lipinski definition) is 2. The molecule has 194 valence electrons. The molecule has 0 saturated carbocycles. The number of aromatic nitrogens is 1. The SMILES string of the molecule is CCn1c2ccc(C(=O)c3ccccc3C)cc2c2c3c(ccc21)C(=O)C(NOC(=O)C(C)(C)O)=CCO3. The quantitative estimate of drug-likeness (QED) is 0.287. The number of nitrogens with one attached hydrogen (secondary N) is 1. The first kappa shape index (κ1) is 25.2. The van der Waals surface area contributed by atoms with Gasteiger partial charge in [-0.25, -0.2) is 10.3 Å². The molecule has 38 heavy (non-hydrogen) atoms. The first-order chi connectivity index (χ1) is 18.1. The molecule has 5 rings (SSSR count). The molecule has 8 nitrogen and oxygen atoms in total. The van der Waals surface area contributed by atoms with Gasteiger partial charge in [-0.3, -0.25) is 9.59 Å². The molecule has 1 aliphatic rings. The van der Waals surface area contributed by atoms with Gasteiger partial charge in [-0.1, -0.05) is 24.3 Å². The highest BCUT2D eigenvalue weighted by Crippen LogP contribution is 2.40. The molecule has 2 N–H and O–H groups in total.